The molecule has 0 saturated carbocycles. The van der Waals surface area contributed by atoms with Gasteiger partial charge in [0.2, 0.25) is 0 Å². The highest BCUT2D eigenvalue weighted by Crippen LogP contribution is 2.23. The molecule has 1 N–H and O–H groups in total. The Kier molecular flexibility index (Phi) is 5.61. The Morgan fingerprint density at radius 3 is 2.65 bits per heavy atom. The van der Waals surface area contributed by atoms with E-state index in [1.165, 1.54) is 0 Å². The lowest BCUT2D eigenvalue weighted by Crippen LogP contribution is -2.28. The summed E-state index contributed by atoms with van der Waals surface area (Å²) in [4.78, 5) is 11.7. The van der Waals surface area contributed by atoms with Gasteiger partial charge in [-0.1, -0.05) is 40.2 Å². The van der Waals surface area contributed by atoms with E-state index in [1.54, 1.807) is 0 Å². The van der Waals surface area contributed by atoms with Gasteiger partial charge in [-0.2, -0.15) is 0 Å². The molecule has 2 aromatic carbocycles. The zero-order valence-electron chi connectivity index (χ0n) is 10.6. The predicted octanol–water partition coefficient (Wildman–Crippen LogP) is 3.91. The quantitative estimate of drug-likeness (QED) is 0.829. The van der Waals surface area contributed by atoms with E-state index in [4.69, 9.17) is 4.74 Å². The first-order valence-corrected chi connectivity index (χ1v) is 7.62. The number of carbonyl (C=O) groups excluding carboxylic acids is 1. The van der Waals surface area contributed by atoms with Crippen LogP contribution < -0.4 is 10.1 Å². The summed E-state index contributed by atoms with van der Waals surface area (Å²) in [7, 11) is 0. The second kappa shape index (κ2) is 7.45. The number of nitrogens with one attached hydrogen (secondary N) is 1. The maximum absolute atomic E-state index is 11.7. The van der Waals surface area contributed by atoms with E-state index in [-0.39, 0.29) is 12.5 Å². The summed E-state index contributed by atoms with van der Waals surface area (Å²) >= 11 is 6.76. The maximum atomic E-state index is 11.7. The van der Waals surface area contributed by atoms with E-state index in [0.717, 1.165) is 14.5 Å². The molecule has 2 rings (SSSR count). The number of halogens is 2. The lowest BCUT2D eigenvalue weighted by atomic mass is 10.2. The average Bonchev–Trinajstić information content (AvgIpc) is 2.44. The zero-order valence-corrected chi connectivity index (χ0v) is 13.8. The van der Waals surface area contributed by atoms with Crippen LogP contribution in [-0.2, 0) is 11.3 Å². The first-order chi connectivity index (χ1) is 9.65. The second-order valence-corrected chi connectivity index (χ2v) is 5.90. The molecule has 0 aliphatic heterocycles. The van der Waals surface area contributed by atoms with Crippen LogP contribution in [0.5, 0.6) is 5.75 Å². The van der Waals surface area contributed by atoms with Crippen LogP contribution in [0.1, 0.15) is 5.56 Å². The number of rotatable bonds is 5. The minimum atomic E-state index is -0.152. The third-order valence-electron chi connectivity index (χ3n) is 2.57. The van der Waals surface area contributed by atoms with Crippen LogP contribution in [0.25, 0.3) is 0 Å². The molecule has 2 aromatic rings. The highest BCUT2D eigenvalue weighted by Gasteiger charge is 2.05. The van der Waals surface area contributed by atoms with Gasteiger partial charge in [-0.25, -0.2) is 0 Å². The van der Waals surface area contributed by atoms with E-state index >= 15 is 0 Å². The topological polar surface area (TPSA) is 38.3 Å². The van der Waals surface area contributed by atoms with Crippen molar-refractivity contribution < 1.29 is 9.53 Å². The average molecular weight is 399 g/mol. The fourth-order valence-electron chi connectivity index (χ4n) is 1.60. The van der Waals surface area contributed by atoms with Crippen molar-refractivity contribution in [2.24, 2.45) is 0 Å². The van der Waals surface area contributed by atoms with Crippen molar-refractivity contribution in [1.29, 1.82) is 0 Å². The SMILES string of the molecule is O=C(COc1ccccc1Br)NCc1cccc(Br)c1. The van der Waals surface area contributed by atoms with Gasteiger partial charge < -0.3 is 10.1 Å². The van der Waals surface area contributed by atoms with E-state index in [0.29, 0.717) is 12.3 Å². The number of hydrogen-bond acceptors (Lipinski definition) is 2. The van der Waals surface area contributed by atoms with Crippen LogP contribution in [0, 0.1) is 0 Å². The largest absolute Gasteiger partial charge is 0.483 e. The molecule has 5 heteroatoms. The Morgan fingerprint density at radius 2 is 1.90 bits per heavy atom. The van der Waals surface area contributed by atoms with Crippen molar-refractivity contribution >= 4 is 37.8 Å². The Morgan fingerprint density at radius 1 is 1.10 bits per heavy atom. The highest BCUT2D eigenvalue weighted by molar-refractivity contribution is 9.10. The molecule has 0 atom stereocenters. The van der Waals surface area contributed by atoms with Crippen molar-refractivity contribution in [1.82, 2.24) is 5.32 Å². The lowest BCUT2D eigenvalue weighted by Gasteiger charge is -2.09. The summed E-state index contributed by atoms with van der Waals surface area (Å²) in [5, 5.41) is 2.82. The molecule has 0 unspecified atom stereocenters. The molecule has 0 fully saturated rings. The third-order valence-corrected chi connectivity index (χ3v) is 3.72. The van der Waals surface area contributed by atoms with Crippen molar-refractivity contribution in [3.05, 3.63) is 63.0 Å². The van der Waals surface area contributed by atoms with E-state index in [1.807, 2.05) is 48.5 Å². The van der Waals surface area contributed by atoms with Gasteiger partial charge in [0.1, 0.15) is 5.75 Å². The molecule has 3 nitrogen and oxygen atoms in total. The van der Waals surface area contributed by atoms with Gasteiger partial charge in [-0.15, -0.1) is 0 Å². The molecule has 20 heavy (non-hydrogen) atoms. The maximum Gasteiger partial charge on any atom is 0.258 e. The molecular weight excluding hydrogens is 386 g/mol. The number of amides is 1. The molecule has 0 spiro atoms. The van der Waals surface area contributed by atoms with Crippen LogP contribution >= 0.6 is 31.9 Å². The Balaban J connectivity index is 1.80. The molecule has 0 radical (unpaired) electrons. The summed E-state index contributed by atoms with van der Waals surface area (Å²) in [5.74, 6) is 0.505. The van der Waals surface area contributed by atoms with Crippen LogP contribution in [0.15, 0.2) is 57.5 Å². The zero-order chi connectivity index (χ0) is 14.4. The lowest BCUT2D eigenvalue weighted by molar-refractivity contribution is -0.123. The van der Waals surface area contributed by atoms with Gasteiger partial charge in [0, 0.05) is 11.0 Å². The van der Waals surface area contributed by atoms with E-state index in [2.05, 4.69) is 37.2 Å². The summed E-state index contributed by atoms with van der Waals surface area (Å²) < 4.78 is 7.27. The standard InChI is InChI=1S/C15H13Br2NO2/c16-12-5-3-4-11(8-12)9-18-15(19)10-20-14-7-2-1-6-13(14)17/h1-8H,9-10H2,(H,18,19). The number of hydrogen-bond donors (Lipinski definition) is 1. The molecule has 1 amide bonds. The van der Waals surface area contributed by atoms with Crippen LogP contribution in [-0.4, -0.2) is 12.5 Å². The fourth-order valence-corrected chi connectivity index (χ4v) is 2.45. The van der Waals surface area contributed by atoms with Gasteiger partial charge in [-0.3, -0.25) is 4.79 Å². The van der Waals surface area contributed by atoms with Gasteiger partial charge in [0.15, 0.2) is 6.61 Å². The number of carbonyl (C=O) groups is 1. The molecule has 0 saturated heterocycles. The fraction of sp³-hybridized carbons (Fsp3) is 0.133. The molecule has 104 valence electrons. The first-order valence-electron chi connectivity index (χ1n) is 6.03. The molecule has 0 aliphatic rings. The summed E-state index contributed by atoms with van der Waals surface area (Å²) in [6, 6.07) is 15.2. The first kappa shape index (κ1) is 15.1. The van der Waals surface area contributed by atoms with Crippen LogP contribution in [0.3, 0.4) is 0 Å². The molecule has 0 heterocycles. The van der Waals surface area contributed by atoms with Crippen molar-refractivity contribution in [3.8, 4) is 5.75 Å². The van der Waals surface area contributed by atoms with Crippen molar-refractivity contribution in [3.63, 3.8) is 0 Å². The number of para-hydroxylation sites is 1. The van der Waals surface area contributed by atoms with Crippen LogP contribution in [0.2, 0.25) is 0 Å². The second-order valence-electron chi connectivity index (χ2n) is 4.13. The van der Waals surface area contributed by atoms with Crippen molar-refractivity contribution in [2.45, 2.75) is 6.54 Å². The summed E-state index contributed by atoms with van der Waals surface area (Å²) in [6.07, 6.45) is 0. The van der Waals surface area contributed by atoms with E-state index in [9.17, 15) is 4.79 Å². The molecular formula is C15H13Br2NO2. The predicted molar refractivity (Wildman–Crippen MR) is 85.6 cm³/mol. The van der Waals surface area contributed by atoms with Gasteiger partial charge in [0.25, 0.3) is 5.91 Å². The minimum absolute atomic E-state index is 0.00336. The van der Waals surface area contributed by atoms with Crippen molar-refractivity contribution in [2.75, 3.05) is 6.61 Å². The van der Waals surface area contributed by atoms with E-state index < -0.39 is 0 Å². The number of benzene rings is 2. The van der Waals surface area contributed by atoms with Gasteiger partial charge in [-0.05, 0) is 45.8 Å². The summed E-state index contributed by atoms with van der Waals surface area (Å²) in [5.41, 5.74) is 1.04. The van der Waals surface area contributed by atoms with Gasteiger partial charge in [0.05, 0.1) is 4.47 Å². The Hall–Kier alpha value is -1.33. The Labute approximate surface area is 134 Å². The normalized spacial score (nSPS) is 10.1. The molecule has 0 aromatic heterocycles. The highest BCUT2D eigenvalue weighted by atomic mass is 79.9. The van der Waals surface area contributed by atoms with Crippen LogP contribution in [0.4, 0.5) is 0 Å². The molecule has 0 aliphatic carbocycles. The summed E-state index contributed by atoms with van der Waals surface area (Å²) in [6.45, 7) is 0.480. The number of ether oxygens (including phenoxy) is 1. The smallest absolute Gasteiger partial charge is 0.258 e. The molecule has 0 bridgehead atoms. The Bertz CT molecular complexity index is 602. The minimum Gasteiger partial charge on any atom is -0.483 e. The third kappa shape index (κ3) is 4.65. The van der Waals surface area contributed by atoms with Gasteiger partial charge >= 0.3 is 0 Å². The monoisotopic (exact) mass is 397 g/mol.